The van der Waals surface area contributed by atoms with Crippen molar-refractivity contribution < 1.29 is 0 Å². The third kappa shape index (κ3) is 3.01. The second kappa shape index (κ2) is 6.25. The molecule has 2 nitrogen and oxygen atoms in total. The standard InChI is InChI=1S/C16H21ClN2/c1-3-16(13-17,14-7-5-4-6-8-14)11-9-15-10-12-18-19(15)2/h4-8,10,12H,3,9,11,13H2,1-2H3. The van der Waals surface area contributed by atoms with Gasteiger partial charge >= 0.3 is 0 Å². The maximum absolute atomic E-state index is 6.32. The normalized spacial score (nSPS) is 14.3. The molecule has 3 heteroatoms. The van der Waals surface area contributed by atoms with Crippen LogP contribution in [0.4, 0.5) is 0 Å². The summed E-state index contributed by atoms with van der Waals surface area (Å²) in [6.45, 7) is 2.22. The van der Waals surface area contributed by atoms with Crippen LogP contribution in [0.25, 0.3) is 0 Å². The van der Waals surface area contributed by atoms with Gasteiger partial charge in [-0.25, -0.2) is 0 Å². The van der Waals surface area contributed by atoms with Crippen molar-refractivity contribution in [3.63, 3.8) is 0 Å². The maximum Gasteiger partial charge on any atom is 0.0492 e. The first-order valence-electron chi connectivity index (χ1n) is 6.80. The van der Waals surface area contributed by atoms with Gasteiger partial charge in [-0.1, -0.05) is 37.3 Å². The Morgan fingerprint density at radius 3 is 2.47 bits per heavy atom. The number of aryl methyl sites for hydroxylation is 2. The third-order valence-corrected chi connectivity index (χ3v) is 4.61. The average Bonchev–Trinajstić information content (AvgIpc) is 2.87. The Morgan fingerprint density at radius 1 is 1.21 bits per heavy atom. The molecule has 0 spiro atoms. The molecular formula is C16H21ClN2. The van der Waals surface area contributed by atoms with Crippen molar-refractivity contribution in [3.8, 4) is 0 Å². The van der Waals surface area contributed by atoms with Gasteiger partial charge in [-0.05, 0) is 30.9 Å². The number of halogens is 1. The van der Waals surface area contributed by atoms with Crippen molar-refractivity contribution >= 4 is 11.6 Å². The molecule has 0 amide bonds. The topological polar surface area (TPSA) is 17.8 Å². The monoisotopic (exact) mass is 276 g/mol. The summed E-state index contributed by atoms with van der Waals surface area (Å²) < 4.78 is 1.94. The fourth-order valence-electron chi connectivity index (χ4n) is 2.57. The Hall–Kier alpha value is -1.28. The molecular weight excluding hydrogens is 256 g/mol. The van der Waals surface area contributed by atoms with Gasteiger partial charge in [0.05, 0.1) is 0 Å². The van der Waals surface area contributed by atoms with Gasteiger partial charge in [0.1, 0.15) is 0 Å². The molecule has 0 radical (unpaired) electrons. The van der Waals surface area contributed by atoms with E-state index < -0.39 is 0 Å². The van der Waals surface area contributed by atoms with Crippen molar-refractivity contribution in [2.45, 2.75) is 31.6 Å². The molecule has 0 saturated carbocycles. The molecule has 2 aromatic rings. The van der Waals surface area contributed by atoms with Crippen molar-refractivity contribution in [2.24, 2.45) is 7.05 Å². The van der Waals surface area contributed by atoms with E-state index in [4.69, 9.17) is 11.6 Å². The molecule has 0 aliphatic heterocycles. The van der Waals surface area contributed by atoms with Gasteiger partial charge in [-0.2, -0.15) is 5.10 Å². The Bertz CT molecular complexity index is 500. The summed E-state index contributed by atoms with van der Waals surface area (Å²) in [4.78, 5) is 0. The number of hydrogen-bond acceptors (Lipinski definition) is 1. The van der Waals surface area contributed by atoms with Crippen molar-refractivity contribution in [1.29, 1.82) is 0 Å². The molecule has 0 bridgehead atoms. The van der Waals surface area contributed by atoms with Crippen LogP contribution < -0.4 is 0 Å². The Balaban J connectivity index is 2.18. The van der Waals surface area contributed by atoms with E-state index in [2.05, 4.69) is 48.4 Å². The predicted molar refractivity (Wildman–Crippen MR) is 80.7 cm³/mol. The molecule has 1 unspecified atom stereocenters. The fraction of sp³-hybridized carbons (Fsp3) is 0.438. The highest BCUT2D eigenvalue weighted by atomic mass is 35.5. The van der Waals surface area contributed by atoms with E-state index in [0.717, 1.165) is 19.3 Å². The molecule has 19 heavy (non-hydrogen) atoms. The first kappa shape index (κ1) is 14.1. The molecule has 0 aliphatic rings. The highest BCUT2D eigenvalue weighted by molar-refractivity contribution is 6.18. The van der Waals surface area contributed by atoms with Gasteiger partial charge in [0, 0.05) is 30.2 Å². The van der Waals surface area contributed by atoms with E-state index in [1.165, 1.54) is 11.3 Å². The molecule has 1 atom stereocenters. The lowest BCUT2D eigenvalue weighted by Gasteiger charge is -2.31. The summed E-state index contributed by atoms with van der Waals surface area (Å²) in [5.74, 6) is 0.658. The summed E-state index contributed by atoms with van der Waals surface area (Å²) in [6, 6.07) is 12.7. The van der Waals surface area contributed by atoms with E-state index in [0.29, 0.717) is 5.88 Å². The molecule has 1 aromatic heterocycles. The first-order valence-corrected chi connectivity index (χ1v) is 7.33. The van der Waals surface area contributed by atoms with Gasteiger partial charge in [-0.3, -0.25) is 4.68 Å². The molecule has 102 valence electrons. The molecule has 0 fully saturated rings. The number of hydrogen-bond donors (Lipinski definition) is 0. The lowest BCUT2D eigenvalue weighted by atomic mass is 9.76. The highest BCUT2D eigenvalue weighted by Crippen LogP contribution is 2.34. The zero-order chi connectivity index (χ0) is 13.7. The smallest absolute Gasteiger partial charge is 0.0492 e. The second-order valence-corrected chi connectivity index (χ2v) is 5.35. The van der Waals surface area contributed by atoms with Crippen LogP contribution >= 0.6 is 11.6 Å². The van der Waals surface area contributed by atoms with Gasteiger partial charge in [0.2, 0.25) is 0 Å². The Kier molecular flexibility index (Phi) is 4.65. The van der Waals surface area contributed by atoms with Gasteiger partial charge < -0.3 is 0 Å². The number of alkyl halides is 1. The van der Waals surface area contributed by atoms with Crippen LogP contribution in [-0.4, -0.2) is 15.7 Å². The van der Waals surface area contributed by atoms with Crippen molar-refractivity contribution in [3.05, 3.63) is 53.9 Å². The molecule has 2 rings (SSSR count). The minimum Gasteiger partial charge on any atom is -0.273 e. The van der Waals surface area contributed by atoms with Crippen LogP contribution in [-0.2, 0) is 18.9 Å². The lowest BCUT2D eigenvalue weighted by Crippen LogP contribution is -2.28. The molecule has 1 heterocycles. The van der Waals surface area contributed by atoms with Crippen molar-refractivity contribution in [1.82, 2.24) is 9.78 Å². The Labute approximate surface area is 120 Å². The predicted octanol–water partition coefficient (Wildman–Crippen LogP) is 3.94. The summed E-state index contributed by atoms with van der Waals surface area (Å²) >= 11 is 6.32. The van der Waals surface area contributed by atoms with Crippen LogP contribution in [0.3, 0.4) is 0 Å². The Morgan fingerprint density at radius 2 is 1.95 bits per heavy atom. The van der Waals surface area contributed by atoms with E-state index in [1.807, 2.05) is 17.9 Å². The van der Waals surface area contributed by atoms with Crippen LogP contribution in [0.1, 0.15) is 31.0 Å². The summed E-state index contributed by atoms with van der Waals surface area (Å²) in [6.07, 6.45) is 4.97. The van der Waals surface area contributed by atoms with E-state index in [9.17, 15) is 0 Å². The molecule has 1 aromatic carbocycles. The summed E-state index contributed by atoms with van der Waals surface area (Å²) in [5.41, 5.74) is 2.67. The van der Waals surface area contributed by atoms with Gasteiger partial charge in [-0.15, -0.1) is 11.6 Å². The van der Waals surface area contributed by atoms with Crippen LogP contribution in [0.2, 0.25) is 0 Å². The fourth-order valence-corrected chi connectivity index (χ4v) is 3.05. The van der Waals surface area contributed by atoms with E-state index >= 15 is 0 Å². The zero-order valence-electron chi connectivity index (χ0n) is 11.6. The average molecular weight is 277 g/mol. The van der Waals surface area contributed by atoms with E-state index in [-0.39, 0.29) is 5.41 Å². The largest absolute Gasteiger partial charge is 0.273 e. The van der Waals surface area contributed by atoms with Crippen molar-refractivity contribution in [2.75, 3.05) is 5.88 Å². The maximum atomic E-state index is 6.32. The molecule has 0 saturated heterocycles. The third-order valence-electron chi connectivity index (χ3n) is 4.10. The van der Waals surface area contributed by atoms with Gasteiger partial charge in [0.25, 0.3) is 0 Å². The zero-order valence-corrected chi connectivity index (χ0v) is 12.4. The lowest BCUT2D eigenvalue weighted by molar-refractivity contribution is 0.419. The minimum atomic E-state index is 0.0626. The van der Waals surface area contributed by atoms with Crippen LogP contribution in [0.15, 0.2) is 42.6 Å². The van der Waals surface area contributed by atoms with Crippen LogP contribution in [0.5, 0.6) is 0 Å². The first-order chi connectivity index (χ1) is 9.22. The number of aromatic nitrogens is 2. The quantitative estimate of drug-likeness (QED) is 0.731. The number of rotatable bonds is 6. The number of benzene rings is 1. The summed E-state index contributed by atoms with van der Waals surface area (Å²) in [5, 5.41) is 4.23. The SMILES string of the molecule is CCC(CCl)(CCc1ccnn1C)c1ccccc1. The van der Waals surface area contributed by atoms with E-state index in [1.54, 1.807) is 0 Å². The molecule has 0 N–H and O–H groups in total. The van der Waals surface area contributed by atoms with Gasteiger partial charge in [0.15, 0.2) is 0 Å². The summed E-state index contributed by atoms with van der Waals surface area (Å²) in [7, 11) is 1.99. The molecule has 0 aliphatic carbocycles. The van der Waals surface area contributed by atoms with Crippen LogP contribution in [0, 0.1) is 0 Å². The second-order valence-electron chi connectivity index (χ2n) is 5.08. The minimum absolute atomic E-state index is 0.0626. The number of nitrogens with zero attached hydrogens (tertiary/aromatic N) is 2. The highest BCUT2D eigenvalue weighted by Gasteiger charge is 2.29.